The van der Waals surface area contributed by atoms with E-state index in [1.165, 1.54) is 53.7 Å². The van der Waals surface area contributed by atoms with E-state index in [-0.39, 0.29) is 90.4 Å². The predicted molar refractivity (Wildman–Crippen MR) is 303 cm³/mol. The molecule has 5 saturated heterocycles. The molecule has 10 N–H and O–H groups in total. The Morgan fingerprint density at radius 1 is 0.689 bits per heavy atom. The summed E-state index contributed by atoms with van der Waals surface area (Å²) in [6, 6.07) is 2.93. The quantitative estimate of drug-likeness (QED) is 0.0696. The van der Waals surface area contributed by atoms with Crippen molar-refractivity contribution in [3.63, 3.8) is 0 Å². The van der Waals surface area contributed by atoms with Crippen molar-refractivity contribution in [3.05, 3.63) is 28.8 Å². The Bertz CT molecular complexity index is 2890. The lowest BCUT2D eigenvalue weighted by atomic mass is 9.75. The molecule has 5 aliphatic heterocycles. The van der Waals surface area contributed by atoms with Crippen molar-refractivity contribution < 1.29 is 141 Å². The third kappa shape index (κ3) is 16.1. The van der Waals surface area contributed by atoms with Crippen LogP contribution in [0, 0.1) is 12.8 Å². The molecule has 90 heavy (non-hydrogen) atoms. The van der Waals surface area contributed by atoms with Gasteiger partial charge in [0.15, 0.2) is 48.9 Å². The number of carboxylic acid groups (broad SMARTS) is 1. The fraction of sp³-hybridized carbons (Fsp3) is 0.738. The van der Waals surface area contributed by atoms with Gasteiger partial charge in [-0.3, -0.25) is 24.0 Å². The molecule has 0 amide bonds. The summed E-state index contributed by atoms with van der Waals surface area (Å²) in [6.07, 6.45) is -30.6. The number of ketones is 3. The Kier molecular flexibility index (Phi) is 23.1. The smallest absolute Gasteiger partial charge is 0.306 e. The number of carbonyl (C=O) groups is 6. The van der Waals surface area contributed by atoms with Gasteiger partial charge >= 0.3 is 17.9 Å². The minimum absolute atomic E-state index is 0.0229. The number of phenolic OH excluding ortho intramolecular Hbond substituents is 2. The van der Waals surface area contributed by atoms with E-state index in [9.17, 15) is 69.9 Å². The number of carboxylic acids is 1. The zero-order valence-electron chi connectivity index (χ0n) is 51.8. The van der Waals surface area contributed by atoms with Crippen LogP contribution in [0.5, 0.6) is 17.2 Å². The highest BCUT2D eigenvalue weighted by atomic mass is 16.7. The summed E-state index contributed by atoms with van der Waals surface area (Å²) in [6.45, 7) is 13.2. The lowest BCUT2D eigenvalue weighted by Gasteiger charge is -2.46. The van der Waals surface area contributed by atoms with Crippen molar-refractivity contribution in [2.75, 3.05) is 7.11 Å². The molecule has 8 rings (SSSR count). The molecule has 5 unspecified atom stereocenters. The maximum Gasteiger partial charge on any atom is 0.306 e. The number of hydrogen-bond donors (Lipinski definition) is 10. The van der Waals surface area contributed by atoms with Crippen LogP contribution in [0.1, 0.15) is 135 Å². The van der Waals surface area contributed by atoms with E-state index in [1.54, 1.807) is 20.8 Å². The second-order valence-corrected chi connectivity index (χ2v) is 24.7. The number of hydrogen-bond acceptors (Lipinski definition) is 28. The van der Waals surface area contributed by atoms with Gasteiger partial charge in [0.25, 0.3) is 0 Å². The molecule has 6 aliphatic rings. The van der Waals surface area contributed by atoms with Crippen molar-refractivity contribution in [2.45, 2.75) is 273 Å². The third-order valence-corrected chi connectivity index (χ3v) is 17.6. The van der Waals surface area contributed by atoms with E-state index < -0.39 is 207 Å². The SMILES string of the molecule is CO[C@H](C(=O)[C@@H](O)[C@@H](C)OC(=O)CCC(C)=O)[C@@H]1Cc2cc3cc(O[C@H]4C[C@@H](O[C@H]5C[C@@H](O)[C@H](OC(=O)CCC(=O)O)C(C)O5)[C@H](O)C(C)O4)c(C)c(O)c3c(O)c2C(=O)[C@H]1O[C@H]1C[C@@H](O[C@H]2C[C@@H](O[C@H]3C[C@](C)(O)[C@H](O)C(C)O3)[C@@H](O)C(C)O2)[C@H](O)C(C)O1. The number of benzene rings is 2. The maximum absolute atomic E-state index is 15.3. The Morgan fingerprint density at radius 2 is 1.21 bits per heavy atom. The number of esters is 2. The zero-order chi connectivity index (χ0) is 66.1. The largest absolute Gasteiger partial charge is 0.507 e. The van der Waals surface area contributed by atoms with Crippen LogP contribution in [-0.4, -0.2) is 240 Å². The summed E-state index contributed by atoms with van der Waals surface area (Å²) in [4.78, 5) is 77.3. The van der Waals surface area contributed by atoms with Gasteiger partial charge in [-0.2, -0.15) is 0 Å². The molecule has 5 heterocycles. The second kappa shape index (κ2) is 29.4. The number of aliphatic hydroxyl groups excluding tert-OH is 6. The highest BCUT2D eigenvalue weighted by molar-refractivity contribution is 6.11. The van der Waals surface area contributed by atoms with Crippen LogP contribution in [0.15, 0.2) is 12.1 Å². The van der Waals surface area contributed by atoms with E-state index >= 15 is 4.79 Å². The molecule has 5 fully saturated rings. The number of aromatic hydroxyl groups is 2. The average Bonchev–Trinajstić information content (AvgIpc) is 0.738. The van der Waals surface area contributed by atoms with Crippen LogP contribution in [0.3, 0.4) is 0 Å². The number of fused-ring (bicyclic) bond motifs is 2. The number of methoxy groups -OCH3 is 1. The number of Topliss-reactive ketones (excluding diaryl/α,β-unsaturated/α-hetero) is 3. The Morgan fingerprint density at radius 3 is 1.77 bits per heavy atom. The summed E-state index contributed by atoms with van der Waals surface area (Å²) in [5.74, 6) is -7.76. The van der Waals surface area contributed by atoms with Crippen LogP contribution < -0.4 is 4.74 Å². The standard InChI is InChI=1S/C61H86O29/c1-23(62)11-13-40(66)79-28(6)53(72)56(75)58(78-10)33-16-31-15-32-17-35(85-43-19-36(50(69)25(3)80-43)86-42-18-34(63)57(29(7)83-42)89-41(67)14-12-39(64)65)24(2)49(68)47(32)54(73)48(31)55(74)59(33)90-45-21-37(51(70)27(5)82-45)87-44-20-38(52(71)26(4)81-44)88-46-22-61(9,77)60(76)30(8)84-46/h15,17,25-30,33-34,36-38,42-46,50-53,57-60,63,68-73,76-77H,11-14,16,18-22H2,1-10H3,(H,64,65)/t25?,26?,27?,28-,29?,30?,33+,34-,36-,37-,38-,42+,43+,44+,45+,46+,50-,51-,52+,53+,57-,58+,59+,60-,61+/m1/s1. The van der Waals surface area contributed by atoms with E-state index in [0.29, 0.717) is 0 Å². The van der Waals surface area contributed by atoms with Crippen molar-refractivity contribution >= 4 is 46.0 Å². The van der Waals surface area contributed by atoms with Gasteiger partial charge in [0.2, 0.25) is 6.29 Å². The van der Waals surface area contributed by atoms with Crippen LogP contribution in [0.25, 0.3) is 10.8 Å². The number of ether oxygens (including phenoxy) is 13. The van der Waals surface area contributed by atoms with Gasteiger partial charge in [-0.05, 0) is 91.8 Å². The molecule has 1 aliphatic carbocycles. The highest BCUT2D eigenvalue weighted by Crippen LogP contribution is 2.48. The second-order valence-electron chi connectivity index (χ2n) is 24.7. The first-order valence-electron chi connectivity index (χ1n) is 30.4. The Labute approximate surface area is 518 Å². The number of carbonyl (C=O) groups excluding carboxylic acids is 5. The lowest BCUT2D eigenvalue weighted by molar-refractivity contribution is -0.334. The van der Waals surface area contributed by atoms with Crippen molar-refractivity contribution in [1.29, 1.82) is 0 Å². The highest BCUT2D eigenvalue weighted by Gasteiger charge is 2.52. The normalized spacial score (nSPS) is 37.5. The van der Waals surface area contributed by atoms with Gasteiger partial charge in [0, 0.05) is 57.1 Å². The van der Waals surface area contributed by atoms with E-state index in [0.717, 1.165) is 7.11 Å². The fourth-order valence-electron chi connectivity index (χ4n) is 12.5. The zero-order valence-corrected chi connectivity index (χ0v) is 51.8. The summed E-state index contributed by atoms with van der Waals surface area (Å²) >= 11 is 0. The van der Waals surface area contributed by atoms with Crippen LogP contribution >= 0.6 is 0 Å². The predicted octanol–water partition coefficient (Wildman–Crippen LogP) is 1.09. The molecule has 0 spiro atoms. The summed E-state index contributed by atoms with van der Waals surface area (Å²) in [7, 11) is 1.14. The van der Waals surface area contributed by atoms with Crippen LogP contribution in [0.2, 0.25) is 0 Å². The van der Waals surface area contributed by atoms with Crippen LogP contribution in [0.4, 0.5) is 0 Å². The first-order chi connectivity index (χ1) is 42.3. The number of aliphatic hydroxyl groups is 7. The van der Waals surface area contributed by atoms with Gasteiger partial charge < -0.3 is 117 Å². The first-order valence-corrected chi connectivity index (χ1v) is 30.4. The molecule has 29 nitrogen and oxygen atoms in total. The summed E-state index contributed by atoms with van der Waals surface area (Å²) < 4.78 is 77.9. The lowest BCUT2D eigenvalue weighted by Crippen LogP contribution is -2.58. The van der Waals surface area contributed by atoms with Crippen molar-refractivity contribution in [3.8, 4) is 17.2 Å². The van der Waals surface area contributed by atoms with Gasteiger partial charge in [-0.25, -0.2) is 0 Å². The minimum Gasteiger partial charge on any atom is -0.507 e. The van der Waals surface area contributed by atoms with E-state index in [2.05, 4.69) is 0 Å². The fourth-order valence-corrected chi connectivity index (χ4v) is 12.5. The first kappa shape index (κ1) is 70.7. The molecule has 0 bridgehead atoms. The topological polar surface area (TPSA) is 425 Å². The average molecular weight is 1280 g/mol. The molecule has 504 valence electrons. The minimum atomic E-state index is -2.06. The molecule has 29 heteroatoms. The monoisotopic (exact) mass is 1280 g/mol. The van der Waals surface area contributed by atoms with Gasteiger partial charge in [0.1, 0.15) is 65.8 Å². The van der Waals surface area contributed by atoms with Gasteiger partial charge in [0.05, 0.1) is 90.7 Å². The van der Waals surface area contributed by atoms with Gasteiger partial charge in [-0.15, -0.1) is 0 Å². The molecule has 25 atom stereocenters. The molecule has 2 aromatic carbocycles. The number of aliphatic carboxylic acids is 1. The molecule has 0 saturated carbocycles. The van der Waals surface area contributed by atoms with E-state index in [1.807, 2.05) is 0 Å². The maximum atomic E-state index is 15.3. The molecule has 0 aromatic heterocycles. The third-order valence-electron chi connectivity index (χ3n) is 17.6. The van der Waals surface area contributed by atoms with Crippen molar-refractivity contribution in [1.82, 2.24) is 0 Å². The summed E-state index contributed by atoms with van der Waals surface area (Å²) in [5, 5.41) is 111. The number of phenols is 2. The molecular formula is C61H86O29. The van der Waals surface area contributed by atoms with Gasteiger partial charge in [-0.1, -0.05) is 0 Å². The van der Waals surface area contributed by atoms with E-state index in [4.69, 9.17) is 66.7 Å². The summed E-state index contributed by atoms with van der Waals surface area (Å²) in [5.41, 5.74) is -1.71. The Hall–Kier alpha value is -5.16. The molecule has 0 radical (unpaired) electrons. The van der Waals surface area contributed by atoms with Crippen LogP contribution in [-0.2, 0) is 87.2 Å². The molecular weight excluding hydrogens is 1200 g/mol. The van der Waals surface area contributed by atoms with Crippen molar-refractivity contribution in [2.24, 2.45) is 5.92 Å². The number of rotatable bonds is 23. The molecule has 2 aromatic rings. The Balaban J connectivity index is 1.04.